The molecule has 0 saturated carbocycles. The van der Waals surface area contributed by atoms with Gasteiger partial charge in [-0.2, -0.15) is 0 Å². The minimum atomic E-state index is 0.437. The first-order chi connectivity index (χ1) is 10.0. The fourth-order valence-corrected chi connectivity index (χ4v) is 3.98. The van der Waals surface area contributed by atoms with Gasteiger partial charge in [0.2, 0.25) is 0 Å². The molecule has 2 rings (SSSR count). The Kier molecular flexibility index (Phi) is 5.87. The maximum absolute atomic E-state index is 5.48. The second-order valence-electron chi connectivity index (χ2n) is 7.03. The molecule has 0 radical (unpaired) electrons. The molecular weight excluding hydrogens is 276 g/mol. The normalized spacial score (nSPS) is 20.7. The third-order valence-electron chi connectivity index (χ3n) is 4.48. The number of likely N-dealkylation sites (tertiary alicyclic amines) is 1. The predicted octanol–water partition coefficient (Wildman–Crippen LogP) is 3.71. The number of nitrogens with two attached hydrogens (primary N) is 1. The highest BCUT2D eigenvalue weighted by Gasteiger charge is 2.27. The molecule has 1 aliphatic rings. The van der Waals surface area contributed by atoms with Gasteiger partial charge in [0.1, 0.15) is 0 Å². The van der Waals surface area contributed by atoms with Gasteiger partial charge in [-0.15, -0.1) is 11.3 Å². The monoisotopic (exact) mass is 304 g/mol. The van der Waals surface area contributed by atoms with E-state index in [0.717, 1.165) is 12.5 Å². The molecule has 1 saturated heterocycles. The van der Waals surface area contributed by atoms with Crippen molar-refractivity contribution in [3.63, 3.8) is 0 Å². The Balaban J connectivity index is 1.97. The largest absolute Gasteiger partial charge is 0.320 e. The molecule has 0 aliphatic carbocycles. The fraction of sp³-hybridized carbons (Fsp3) is 0.667. The molecule has 1 fully saturated rings. The van der Waals surface area contributed by atoms with E-state index >= 15 is 0 Å². The van der Waals surface area contributed by atoms with Crippen molar-refractivity contribution >= 4 is 11.3 Å². The second-order valence-corrected chi connectivity index (χ2v) is 8.03. The first-order valence-electron chi connectivity index (χ1n) is 7.98. The molecule has 0 bridgehead atoms. The maximum atomic E-state index is 5.48. The van der Waals surface area contributed by atoms with E-state index in [4.69, 9.17) is 5.73 Å². The Hall–Kier alpha value is -0.820. The summed E-state index contributed by atoms with van der Waals surface area (Å²) in [5, 5.41) is 2.14. The first kappa shape index (κ1) is 16.5. The predicted molar refractivity (Wildman–Crippen MR) is 92.3 cm³/mol. The first-order valence-corrected chi connectivity index (χ1v) is 8.86. The van der Waals surface area contributed by atoms with Crippen LogP contribution in [0.25, 0.3) is 0 Å². The number of thiophene rings is 1. The van der Waals surface area contributed by atoms with Gasteiger partial charge in [0.25, 0.3) is 0 Å². The molecule has 2 nitrogen and oxygen atoms in total. The second kappa shape index (κ2) is 7.45. The minimum Gasteiger partial charge on any atom is -0.320 e. The molecule has 2 N–H and O–H groups in total. The molecule has 1 aromatic rings. The van der Waals surface area contributed by atoms with Gasteiger partial charge in [0, 0.05) is 17.0 Å². The van der Waals surface area contributed by atoms with Crippen LogP contribution in [0.3, 0.4) is 0 Å². The molecule has 2 heterocycles. The van der Waals surface area contributed by atoms with Crippen LogP contribution in [0.2, 0.25) is 0 Å². The van der Waals surface area contributed by atoms with E-state index in [9.17, 15) is 0 Å². The summed E-state index contributed by atoms with van der Waals surface area (Å²) in [6.45, 7) is 11.1. The highest BCUT2D eigenvalue weighted by molar-refractivity contribution is 7.10. The van der Waals surface area contributed by atoms with Gasteiger partial charge in [-0.25, -0.2) is 0 Å². The molecule has 1 atom stereocenters. The maximum Gasteiger partial charge on any atom is 0.0555 e. The van der Waals surface area contributed by atoms with E-state index in [1.165, 1.54) is 42.8 Å². The van der Waals surface area contributed by atoms with Crippen molar-refractivity contribution in [2.45, 2.75) is 46.6 Å². The van der Waals surface area contributed by atoms with Crippen LogP contribution in [0.4, 0.5) is 0 Å². The number of rotatable bonds is 2. The Morgan fingerprint density at radius 2 is 2.14 bits per heavy atom. The molecule has 1 aliphatic heterocycles. The zero-order valence-corrected chi connectivity index (χ0v) is 14.4. The number of hydrogen-bond acceptors (Lipinski definition) is 3. The SMILES string of the molecule is CC(C)(C)C1CCCN(Cc2sccc2C#CCN)CC1. The summed E-state index contributed by atoms with van der Waals surface area (Å²) in [6.07, 6.45) is 4.00. The van der Waals surface area contributed by atoms with Crippen LogP contribution in [-0.2, 0) is 6.54 Å². The Bertz CT molecular complexity index is 501. The highest BCUT2D eigenvalue weighted by atomic mass is 32.1. The van der Waals surface area contributed by atoms with Crippen LogP contribution >= 0.6 is 11.3 Å². The molecule has 1 aromatic heterocycles. The summed E-state index contributed by atoms with van der Waals surface area (Å²) < 4.78 is 0. The van der Waals surface area contributed by atoms with Crippen molar-refractivity contribution in [2.75, 3.05) is 19.6 Å². The van der Waals surface area contributed by atoms with Crippen molar-refractivity contribution < 1.29 is 0 Å². The minimum absolute atomic E-state index is 0.437. The van der Waals surface area contributed by atoms with E-state index < -0.39 is 0 Å². The lowest BCUT2D eigenvalue weighted by Crippen LogP contribution is -2.26. The fourth-order valence-electron chi connectivity index (χ4n) is 3.10. The van der Waals surface area contributed by atoms with Crippen molar-refractivity contribution in [3.05, 3.63) is 21.9 Å². The molecule has 0 spiro atoms. The average molecular weight is 305 g/mol. The van der Waals surface area contributed by atoms with Gasteiger partial charge in [-0.1, -0.05) is 32.6 Å². The summed E-state index contributed by atoms with van der Waals surface area (Å²) in [4.78, 5) is 4.00. The Morgan fingerprint density at radius 1 is 1.33 bits per heavy atom. The highest BCUT2D eigenvalue weighted by Crippen LogP contribution is 2.34. The summed E-state index contributed by atoms with van der Waals surface area (Å²) in [7, 11) is 0. The summed E-state index contributed by atoms with van der Waals surface area (Å²) in [6, 6.07) is 2.12. The zero-order chi connectivity index (χ0) is 15.3. The third kappa shape index (κ3) is 4.85. The van der Waals surface area contributed by atoms with Gasteiger partial charge in [-0.3, -0.25) is 4.90 Å². The molecule has 21 heavy (non-hydrogen) atoms. The quantitative estimate of drug-likeness (QED) is 0.844. The van der Waals surface area contributed by atoms with Gasteiger partial charge >= 0.3 is 0 Å². The van der Waals surface area contributed by atoms with Crippen molar-refractivity contribution in [1.82, 2.24) is 4.90 Å². The van der Waals surface area contributed by atoms with E-state index in [-0.39, 0.29) is 0 Å². The standard InChI is InChI=1S/C18H28N2S/c1-18(2,3)16-7-5-11-20(12-8-16)14-17-15(6-4-10-19)9-13-21-17/h9,13,16H,5,7-8,10-12,14,19H2,1-3H3. The van der Waals surface area contributed by atoms with Crippen LogP contribution in [-0.4, -0.2) is 24.5 Å². The van der Waals surface area contributed by atoms with Crippen molar-refractivity contribution in [1.29, 1.82) is 0 Å². The third-order valence-corrected chi connectivity index (χ3v) is 5.39. The summed E-state index contributed by atoms with van der Waals surface area (Å²) in [5.74, 6) is 7.02. The van der Waals surface area contributed by atoms with Crippen molar-refractivity contribution in [2.24, 2.45) is 17.1 Å². The Labute approximate surface area is 133 Å². The number of nitrogens with zero attached hydrogens (tertiary/aromatic N) is 1. The van der Waals surface area contributed by atoms with Crippen molar-refractivity contribution in [3.8, 4) is 11.8 Å². The smallest absolute Gasteiger partial charge is 0.0555 e. The van der Waals surface area contributed by atoms with Gasteiger partial charge < -0.3 is 5.73 Å². The summed E-state index contributed by atoms with van der Waals surface area (Å²) in [5.41, 5.74) is 7.09. The molecule has 116 valence electrons. The van der Waals surface area contributed by atoms with Gasteiger partial charge in [0.15, 0.2) is 0 Å². The van der Waals surface area contributed by atoms with E-state index in [1.807, 2.05) is 11.3 Å². The lowest BCUT2D eigenvalue weighted by Gasteiger charge is -2.29. The zero-order valence-electron chi connectivity index (χ0n) is 13.6. The molecule has 0 amide bonds. The topological polar surface area (TPSA) is 29.3 Å². The molecule has 3 heteroatoms. The molecule has 1 unspecified atom stereocenters. The van der Waals surface area contributed by atoms with Crippen LogP contribution in [0.1, 0.15) is 50.5 Å². The lowest BCUT2D eigenvalue weighted by molar-refractivity contribution is 0.207. The molecule has 0 aromatic carbocycles. The lowest BCUT2D eigenvalue weighted by atomic mass is 9.77. The van der Waals surface area contributed by atoms with E-state index in [2.05, 4.69) is 49.0 Å². The molecular formula is C18H28N2S. The average Bonchev–Trinajstić information content (AvgIpc) is 2.70. The van der Waals surface area contributed by atoms with Crippen LogP contribution in [0.5, 0.6) is 0 Å². The Morgan fingerprint density at radius 3 is 2.86 bits per heavy atom. The van der Waals surface area contributed by atoms with Crippen LogP contribution < -0.4 is 5.73 Å². The summed E-state index contributed by atoms with van der Waals surface area (Å²) >= 11 is 1.82. The van der Waals surface area contributed by atoms with E-state index in [0.29, 0.717) is 12.0 Å². The van der Waals surface area contributed by atoms with Gasteiger partial charge in [0.05, 0.1) is 6.54 Å². The number of hydrogen-bond donors (Lipinski definition) is 1. The van der Waals surface area contributed by atoms with Crippen LogP contribution in [0.15, 0.2) is 11.4 Å². The van der Waals surface area contributed by atoms with Gasteiger partial charge in [-0.05, 0) is 55.1 Å². The van der Waals surface area contributed by atoms with E-state index in [1.54, 1.807) is 0 Å². The van der Waals surface area contributed by atoms with Crippen LogP contribution in [0, 0.1) is 23.2 Å².